The Hall–Kier alpha value is -2.62. The number of likely N-dealkylation sites (tertiary alicyclic amines) is 1. The van der Waals surface area contributed by atoms with Crippen molar-refractivity contribution >= 4 is 11.8 Å². The number of aryl methyl sites for hydroxylation is 1. The average Bonchev–Trinajstić information content (AvgIpc) is 2.67. The standard InChI is InChI=1S/C22H26N2O2/c1-16-6-8-18(9-7-16)15-23-21(25)19-4-3-5-20(14-19)22(26)24-12-10-17(2)11-13-24/h3-9,14,17H,10-13,15H2,1-2H3,(H,23,25). The van der Waals surface area contributed by atoms with E-state index in [2.05, 4.69) is 12.2 Å². The SMILES string of the molecule is Cc1ccc(CNC(=O)c2cccc(C(=O)N3CCC(C)CC3)c2)cc1. The zero-order chi connectivity index (χ0) is 18.5. The van der Waals surface area contributed by atoms with E-state index >= 15 is 0 Å². The molecule has 0 atom stereocenters. The molecule has 0 unspecified atom stereocenters. The lowest BCUT2D eigenvalue weighted by Gasteiger charge is -2.30. The molecule has 4 heteroatoms. The lowest BCUT2D eigenvalue weighted by Crippen LogP contribution is -2.38. The van der Waals surface area contributed by atoms with Crippen molar-refractivity contribution in [2.75, 3.05) is 13.1 Å². The maximum atomic E-state index is 12.7. The third kappa shape index (κ3) is 4.51. The summed E-state index contributed by atoms with van der Waals surface area (Å²) in [6.45, 7) is 6.32. The van der Waals surface area contributed by atoms with E-state index < -0.39 is 0 Å². The van der Waals surface area contributed by atoms with E-state index in [4.69, 9.17) is 0 Å². The molecule has 4 nitrogen and oxygen atoms in total. The van der Waals surface area contributed by atoms with E-state index in [0.717, 1.165) is 31.5 Å². The van der Waals surface area contributed by atoms with E-state index in [1.807, 2.05) is 36.1 Å². The van der Waals surface area contributed by atoms with Crippen LogP contribution < -0.4 is 5.32 Å². The Morgan fingerprint density at radius 1 is 1.04 bits per heavy atom. The van der Waals surface area contributed by atoms with E-state index in [-0.39, 0.29) is 11.8 Å². The van der Waals surface area contributed by atoms with Crippen molar-refractivity contribution < 1.29 is 9.59 Å². The molecule has 2 aromatic rings. The lowest BCUT2D eigenvalue weighted by molar-refractivity contribution is 0.0697. The zero-order valence-electron chi connectivity index (χ0n) is 15.5. The van der Waals surface area contributed by atoms with Gasteiger partial charge in [-0.05, 0) is 49.4 Å². The number of carbonyl (C=O) groups is 2. The van der Waals surface area contributed by atoms with E-state index in [0.29, 0.717) is 23.6 Å². The number of rotatable bonds is 4. The van der Waals surface area contributed by atoms with E-state index in [1.54, 1.807) is 24.3 Å². The Labute approximate surface area is 155 Å². The minimum absolute atomic E-state index is 0.0186. The molecule has 0 bridgehead atoms. The molecule has 136 valence electrons. The van der Waals surface area contributed by atoms with Gasteiger partial charge in [-0.1, -0.05) is 42.8 Å². The summed E-state index contributed by atoms with van der Waals surface area (Å²) >= 11 is 0. The van der Waals surface area contributed by atoms with E-state index in [1.165, 1.54) is 5.56 Å². The second-order valence-corrected chi connectivity index (χ2v) is 7.22. The minimum atomic E-state index is -0.160. The molecule has 1 N–H and O–H groups in total. The Morgan fingerprint density at radius 2 is 1.69 bits per heavy atom. The second-order valence-electron chi connectivity index (χ2n) is 7.22. The van der Waals surface area contributed by atoms with Crippen LogP contribution in [0.15, 0.2) is 48.5 Å². The van der Waals surface area contributed by atoms with Crippen LogP contribution in [0.5, 0.6) is 0 Å². The van der Waals surface area contributed by atoms with E-state index in [9.17, 15) is 9.59 Å². The van der Waals surface area contributed by atoms with Crippen LogP contribution in [0.3, 0.4) is 0 Å². The first-order valence-corrected chi connectivity index (χ1v) is 9.26. The number of amides is 2. The summed E-state index contributed by atoms with van der Waals surface area (Å²) in [6, 6.07) is 15.1. The maximum Gasteiger partial charge on any atom is 0.253 e. The molecule has 1 fully saturated rings. The summed E-state index contributed by atoms with van der Waals surface area (Å²) in [6.07, 6.45) is 2.09. The summed E-state index contributed by atoms with van der Waals surface area (Å²) in [5.74, 6) is 0.538. The van der Waals surface area contributed by atoms with Crippen molar-refractivity contribution in [2.24, 2.45) is 5.92 Å². The van der Waals surface area contributed by atoms with Crippen LogP contribution in [0.1, 0.15) is 51.6 Å². The highest BCUT2D eigenvalue weighted by molar-refractivity contribution is 5.99. The number of benzene rings is 2. The predicted octanol–water partition coefficient (Wildman–Crippen LogP) is 3.80. The van der Waals surface area contributed by atoms with Crippen molar-refractivity contribution in [3.05, 3.63) is 70.8 Å². The fraction of sp³-hybridized carbons (Fsp3) is 0.364. The molecule has 2 aromatic carbocycles. The van der Waals surface area contributed by atoms with Crippen LogP contribution >= 0.6 is 0 Å². The summed E-state index contributed by atoms with van der Waals surface area (Å²) in [5.41, 5.74) is 3.35. The molecule has 0 aliphatic carbocycles. The Balaban J connectivity index is 1.63. The summed E-state index contributed by atoms with van der Waals surface area (Å²) in [5, 5.41) is 2.92. The van der Waals surface area contributed by atoms with Crippen LogP contribution in [-0.2, 0) is 6.54 Å². The molecule has 0 saturated carbocycles. The van der Waals surface area contributed by atoms with Gasteiger partial charge in [0.25, 0.3) is 11.8 Å². The molecule has 1 aliphatic heterocycles. The number of piperidine rings is 1. The molecule has 26 heavy (non-hydrogen) atoms. The quantitative estimate of drug-likeness (QED) is 0.912. The van der Waals surface area contributed by atoms with Crippen LogP contribution in [0.4, 0.5) is 0 Å². The van der Waals surface area contributed by atoms with Crippen LogP contribution in [-0.4, -0.2) is 29.8 Å². The van der Waals surface area contributed by atoms with Gasteiger partial charge in [0.05, 0.1) is 0 Å². The molecule has 0 spiro atoms. The molecular formula is C22H26N2O2. The lowest BCUT2D eigenvalue weighted by atomic mass is 9.98. The second kappa shape index (κ2) is 8.17. The van der Waals surface area contributed by atoms with Gasteiger partial charge in [-0.2, -0.15) is 0 Å². The molecule has 1 heterocycles. The molecule has 1 aliphatic rings. The molecule has 2 amide bonds. The van der Waals surface area contributed by atoms with Gasteiger partial charge in [0.2, 0.25) is 0 Å². The highest BCUT2D eigenvalue weighted by atomic mass is 16.2. The number of hydrogen-bond donors (Lipinski definition) is 1. The molecule has 0 aromatic heterocycles. The largest absolute Gasteiger partial charge is 0.348 e. The third-order valence-corrected chi connectivity index (χ3v) is 5.02. The van der Waals surface area contributed by atoms with Gasteiger partial charge in [-0.15, -0.1) is 0 Å². The van der Waals surface area contributed by atoms with Crippen LogP contribution in [0, 0.1) is 12.8 Å². The highest BCUT2D eigenvalue weighted by Gasteiger charge is 2.22. The topological polar surface area (TPSA) is 49.4 Å². The first-order chi connectivity index (χ1) is 12.5. The Bertz CT molecular complexity index is 775. The first kappa shape index (κ1) is 18.2. The summed E-state index contributed by atoms with van der Waals surface area (Å²) in [7, 11) is 0. The van der Waals surface area contributed by atoms with Crippen LogP contribution in [0.25, 0.3) is 0 Å². The molecule has 3 rings (SSSR count). The number of hydrogen-bond acceptors (Lipinski definition) is 2. The van der Waals surface area contributed by atoms with Gasteiger partial charge < -0.3 is 10.2 Å². The smallest absolute Gasteiger partial charge is 0.253 e. The Kier molecular flexibility index (Phi) is 5.71. The monoisotopic (exact) mass is 350 g/mol. The van der Waals surface area contributed by atoms with Crippen molar-refractivity contribution in [1.29, 1.82) is 0 Å². The summed E-state index contributed by atoms with van der Waals surface area (Å²) in [4.78, 5) is 27.0. The average molecular weight is 350 g/mol. The normalized spacial score (nSPS) is 14.9. The fourth-order valence-electron chi connectivity index (χ4n) is 3.18. The van der Waals surface area contributed by atoms with Crippen molar-refractivity contribution in [3.63, 3.8) is 0 Å². The third-order valence-electron chi connectivity index (χ3n) is 5.02. The van der Waals surface area contributed by atoms with Crippen molar-refractivity contribution in [2.45, 2.75) is 33.2 Å². The fourth-order valence-corrected chi connectivity index (χ4v) is 3.18. The first-order valence-electron chi connectivity index (χ1n) is 9.26. The minimum Gasteiger partial charge on any atom is -0.348 e. The van der Waals surface area contributed by atoms with Gasteiger partial charge in [-0.25, -0.2) is 0 Å². The van der Waals surface area contributed by atoms with Crippen molar-refractivity contribution in [1.82, 2.24) is 10.2 Å². The molecule has 1 saturated heterocycles. The van der Waals surface area contributed by atoms with Gasteiger partial charge in [0.15, 0.2) is 0 Å². The van der Waals surface area contributed by atoms with Crippen molar-refractivity contribution in [3.8, 4) is 0 Å². The summed E-state index contributed by atoms with van der Waals surface area (Å²) < 4.78 is 0. The molecule has 0 radical (unpaired) electrons. The predicted molar refractivity (Wildman–Crippen MR) is 103 cm³/mol. The highest BCUT2D eigenvalue weighted by Crippen LogP contribution is 2.18. The van der Waals surface area contributed by atoms with Gasteiger partial charge in [0.1, 0.15) is 0 Å². The van der Waals surface area contributed by atoms with Gasteiger partial charge in [0, 0.05) is 30.8 Å². The Morgan fingerprint density at radius 3 is 2.38 bits per heavy atom. The number of nitrogens with one attached hydrogen (secondary N) is 1. The van der Waals surface area contributed by atoms with Crippen LogP contribution in [0.2, 0.25) is 0 Å². The number of carbonyl (C=O) groups excluding carboxylic acids is 2. The maximum absolute atomic E-state index is 12.7. The number of nitrogens with zero attached hydrogens (tertiary/aromatic N) is 1. The van der Waals surface area contributed by atoms with Gasteiger partial charge in [-0.3, -0.25) is 9.59 Å². The molecular weight excluding hydrogens is 324 g/mol. The van der Waals surface area contributed by atoms with Gasteiger partial charge >= 0.3 is 0 Å². The zero-order valence-corrected chi connectivity index (χ0v) is 15.5.